The highest BCUT2D eigenvalue weighted by Crippen LogP contribution is 2.29. The van der Waals surface area contributed by atoms with Crippen molar-refractivity contribution in [2.45, 2.75) is 11.0 Å². The van der Waals surface area contributed by atoms with E-state index < -0.39 is 10.0 Å². The van der Waals surface area contributed by atoms with Crippen LogP contribution in [0.5, 0.6) is 0 Å². The standard InChI is InChI=1S/C20H19NO3S/c22-25(23,20-12-6-10-16-7-4-5-11-18(16)20)21-13-14-24-19(15-21)17-8-2-1-3-9-17/h1-12,19H,13-15H2/t19-/m0/s1. The molecule has 1 atom stereocenters. The molecule has 0 radical (unpaired) electrons. The zero-order chi connectivity index (χ0) is 17.3. The monoisotopic (exact) mass is 353 g/mol. The molecule has 4 rings (SSSR count). The van der Waals surface area contributed by atoms with Crippen LogP contribution in [0, 0.1) is 0 Å². The third-order valence-corrected chi connectivity index (χ3v) is 6.49. The van der Waals surface area contributed by atoms with Crippen molar-refractivity contribution in [2.75, 3.05) is 19.7 Å². The lowest BCUT2D eigenvalue weighted by atomic mass is 10.1. The van der Waals surface area contributed by atoms with Gasteiger partial charge in [0.2, 0.25) is 10.0 Å². The second-order valence-corrected chi connectivity index (χ2v) is 8.02. The maximum atomic E-state index is 13.2. The molecule has 4 nitrogen and oxygen atoms in total. The van der Waals surface area contributed by atoms with Crippen LogP contribution in [-0.4, -0.2) is 32.4 Å². The average Bonchev–Trinajstić information content (AvgIpc) is 2.68. The number of fused-ring (bicyclic) bond motifs is 1. The van der Waals surface area contributed by atoms with Crippen LogP contribution < -0.4 is 0 Å². The quantitative estimate of drug-likeness (QED) is 0.723. The van der Waals surface area contributed by atoms with E-state index in [1.165, 1.54) is 4.31 Å². The molecule has 0 N–H and O–H groups in total. The Morgan fingerprint density at radius 3 is 2.44 bits per heavy atom. The second-order valence-electron chi connectivity index (χ2n) is 6.11. The SMILES string of the molecule is O=S(=O)(c1cccc2ccccc12)N1CCO[C@H](c2ccccc2)C1. The Morgan fingerprint density at radius 2 is 1.60 bits per heavy atom. The first-order valence-electron chi connectivity index (χ1n) is 8.31. The summed E-state index contributed by atoms with van der Waals surface area (Å²) in [6, 6.07) is 22.8. The summed E-state index contributed by atoms with van der Waals surface area (Å²) < 4.78 is 33.8. The van der Waals surface area contributed by atoms with Crippen molar-refractivity contribution in [3.63, 3.8) is 0 Å². The normalized spacial score (nSPS) is 19.1. The summed E-state index contributed by atoms with van der Waals surface area (Å²) in [6.07, 6.45) is -0.236. The minimum atomic E-state index is -3.58. The van der Waals surface area contributed by atoms with Crippen LogP contribution in [0.15, 0.2) is 77.7 Å². The zero-order valence-corrected chi connectivity index (χ0v) is 14.5. The number of hydrogen-bond donors (Lipinski definition) is 0. The fraction of sp³-hybridized carbons (Fsp3) is 0.200. The van der Waals surface area contributed by atoms with Gasteiger partial charge >= 0.3 is 0 Å². The second kappa shape index (κ2) is 6.59. The van der Waals surface area contributed by atoms with Crippen molar-refractivity contribution in [3.05, 3.63) is 78.4 Å². The van der Waals surface area contributed by atoms with E-state index in [2.05, 4.69) is 0 Å². The van der Waals surface area contributed by atoms with Gasteiger partial charge in [0.15, 0.2) is 0 Å². The van der Waals surface area contributed by atoms with Gasteiger partial charge in [0.1, 0.15) is 0 Å². The van der Waals surface area contributed by atoms with Crippen LogP contribution in [0.1, 0.15) is 11.7 Å². The molecule has 1 aliphatic heterocycles. The van der Waals surface area contributed by atoms with Gasteiger partial charge in [-0.2, -0.15) is 4.31 Å². The smallest absolute Gasteiger partial charge is 0.243 e. The Labute approximate surface area is 147 Å². The Balaban J connectivity index is 1.70. The van der Waals surface area contributed by atoms with Crippen molar-refractivity contribution in [2.24, 2.45) is 0 Å². The van der Waals surface area contributed by atoms with E-state index >= 15 is 0 Å². The van der Waals surface area contributed by atoms with E-state index in [-0.39, 0.29) is 6.10 Å². The minimum Gasteiger partial charge on any atom is -0.371 e. The molecule has 1 aliphatic rings. The number of nitrogens with zero attached hydrogens (tertiary/aromatic N) is 1. The van der Waals surface area contributed by atoms with Crippen LogP contribution in [0.2, 0.25) is 0 Å². The Morgan fingerprint density at radius 1 is 0.880 bits per heavy atom. The molecular weight excluding hydrogens is 334 g/mol. The van der Waals surface area contributed by atoms with Crippen LogP contribution in [0.25, 0.3) is 10.8 Å². The Bertz CT molecular complexity index is 981. The molecule has 3 aromatic carbocycles. The molecule has 0 aliphatic carbocycles. The minimum absolute atomic E-state index is 0.236. The topological polar surface area (TPSA) is 46.6 Å². The largest absolute Gasteiger partial charge is 0.371 e. The van der Waals surface area contributed by atoms with Gasteiger partial charge in [-0.15, -0.1) is 0 Å². The van der Waals surface area contributed by atoms with Gasteiger partial charge in [-0.25, -0.2) is 8.42 Å². The number of ether oxygens (including phenoxy) is 1. The molecule has 0 aromatic heterocycles. The average molecular weight is 353 g/mol. The van der Waals surface area contributed by atoms with Crippen LogP contribution in [-0.2, 0) is 14.8 Å². The summed E-state index contributed by atoms with van der Waals surface area (Å²) in [5.41, 5.74) is 1.00. The first-order valence-corrected chi connectivity index (χ1v) is 9.75. The number of benzene rings is 3. The predicted octanol–water partition coefficient (Wildman–Crippen LogP) is 3.60. The predicted molar refractivity (Wildman–Crippen MR) is 97.8 cm³/mol. The van der Waals surface area contributed by atoms with Gasteiger partial charge in [-0.3, -0.25) is 0 Å². The third kappa shape index (κ3) is 3.06. The summed E-state index contributed by atoms with van der Waals surface area (Å²) in [4.78, 5) is 0.360. The fourth-order valence-corrected chi connectivity index (χ4v) is 4.91. The lowest BCUT2D eigenvalue weighted by Crippen LogP contribution is -2.42. The zero-order valence-electron chi connectivity index (χ0n) is 13.7. The molecule has 0 unspecified atom stereocenters. The number of morpholine rings is 1. The van der Waals surface area contributed by atoms with Crippen molar-refractivity contribution < 1.29 is 13.2 Å². The first-order chi connectivity index (χ1) is 12.2. The van der Waals surface area contributed by atoms with Gasteiger partial charge < -0.3 is 4.74 Å². The van der Waals surface area contributed by atoms with Crippen LogP contribution in [0.3, 0.4) is 0 Å². The molecule has 0 spiro atoms. The summed E-state index contributed by atoms with van der Waals surface area (Å²) >= 11 is 0. The van der Waals surface area contributed by atoms with Crippen molar-refractivity contribution >= 4 is 20.8 Å². The highest BCUT2D eigenvalue weighted by molar-refractivity contribution is 7.89. The van der Waals surface area contributed by atoms with Crippen molar-refractivity contribution in [1.82, 2.24) is 4.31 Å². The lowest BCUT2D eigenvalue weighted by molar-refractivity contribution is -0.00253. The molecule has 128 valence electrons. The van der Waals surface area contributed by atoms with Gasteiger partial charge in [0.25, 0.3) is 0 Å². The lowest BCUT2D eigenvalue weighted by Gasteiger charge is -2.32. The number of hydrogen-bond acceptors (Lipinski definition) is 3. The summed E-state index contributed by atoms with van der Waals surface area (Å²) in [5.74, 6) is 0. The maximum absolute atomic E-state index is 13.2. The van der Waals surface area contributed by atoms with E-state index in [0.717, 1.165) is 16.3 Å². The van der Waals surface area contributed by atoms with Gasteiger partial charge in [-0.05, 0) is 17.0 Å². The van der Waals surface area contributed by atoms with Gasteiger partial charge in [0, 0.05) is 18.5 Å². The number of rotatable bonds is 3. The first kappa shape index (κ1) is 16.3. The van der Waals surface area contributed by atoms with E-state index in [1.54, 1.807) is 12.1 Å². The third-order valence-electron chi connectivity index (χ3n) is 4.57. The van der Waals surface area contributed by atoms with Crippen LogP contribution >= 0.6 is 0 Å². The molecule has 0 saturated carbocycles. The molecule has 25 heavy (non-hydrogen) atoms. The molecule has 1 fully saturated rings. The van der Waals surface area contributed by atoms with E-state index in [0.29, 0.717) is 24.6 Å². The maximum Gasteiger partial charge on any atom is 0.243 e. The molecule has 0 bridgehead atoms. The Kier molecular flexibility index (Phi) is 4.29. The highest BCUT2D eigenvalue weighted by atomic mass is 32.2. The van der Waals surface area contributed by atoms with E-state index in [4.69, 9.17) is 4.74 Å². The number of sulfonamides is 1. The fourth-order valence-electron chi connectivity index (χ4n) is 3.27. The summed E-state index contributed by atoms with van der Waals surface area (Å²) in [7, 11) is -3.58. The van der Waals surface area contributed by atoms with Crippen LogP contribution in [0.4, 0.5) is 0 Å². The van der Waals surface area contributed by atoms with Gasteiger partial charge in [-0.1, -0.05) is 66.7 Å². The summed E-state index contributed by atoms with van der Waals surface area (Å²) in [6.45, 7) is 1.09. The van der Waals surface area contributed by atoms with E-state index in [9.17, 15) is 8.42 Å². The summed E-state index contributed by atoms with van der Waals surface area (Å²) in [5, 5.41) is 1.68. The molecule has 1 saturated heterocycles. The molecule has 5 heteroatoms. The molecule has 3 aromatic rings. The van der Waals surface area contributed by atoms with Gasteiger partial charge in [0.05, 0.1) is 17.6 Å². The molecule has 1 heterocycles. The van der Waals surface area contributed by atoms with Crippen molar-refractivity contribution in [3.8, 4) is 0 Å². The Hall–Kier alpha value is -2.21. The van der Waals surface area contributed by atoms with Crippen molar-refractivity contribution in [1.29, 1.82) is 0 Å². The highest BCUT2D eigenvalue weighted by Gasteiger charge is 2.32. The molecule has 0 amide bonds. The van der Waals surface area contributed by atoms with E-state index in [1.807, 2.05) is 60.7 Å². The molecular formula is C20H19NO3S.